The second-order valence-electron chi connectivity index (χ2n) is 6.55. The molecule has 2 aromatic rings. The molecule has 6 heteroatoms. The molecular weight excluding hydrogens is 334 g/mol. The largest absolute Gasteiger partial charge is 0.326 e. The van der Waals surface area contributed by atoms with Gasteiger partial charge in [-0.3, -0.25) is 9.59 Å². The molecule has 0 fully saturated rings. The first-order chi connectivity index (χ1) is 11.9. The topological polar surface area (TPSA) is 62.3 Å². The van der Waals surface area contributed by atoms with Gasteiger partial charge in [0.25, 0.3) is 5.91 Å². The predicted octanol–water partition coefficient (Wildman–Crippen LogP) is 4.20. The van der Waals surface area contributed by atoms with Gasteiger partial charge in [-0.2, -0.15) is 0 Å². The van der Waals surface area contributed by atoms with E-state index in [1.54, 1.807) is 23.2 Å². The zero-order chi connectivity index (χ0) is 18.1. The summed E-state index contributed by atoms with van der Waals surface area (Å²) in [6.45, 7) is 7.68. The lowest BCUT2D eigenvalue weighted by molar-refractivity contribution is -0.118. The van der Waals surface area contributed by atoms with Gasteiger partial charge in [0.1, 0.15) is 5.03 Å². The van der Waals surface area contributed by atoms with Crippen LogP contribution in [0.3, 0.4) is 0 Å². The highest BCUT2D eigenvalue weighted by Crippen LogP contribution is 2.42. The smallest absolute Gasteiger partial charge is 0.261 e. The number of anilines is 2. The summed E-state index contributed by atoms with van der Waals surface area (Å²) < 4.78 is 0. The quantitative estimate of drug-likeness (QED) is 0.896. The summed E-state index contributed by atoms with van der Waals surface area (Å²) >= 11 is 1.45. The number of rotatable bonds is 3. The van der Waals surface area contributed by atoms with Gasteiger partial charge in [0.05, 0.1) is 11.3 Å². The Bertz CT molecular complexity index is 833. The van der Waals surface area contributed by atoms with Crippen LogP contribution >= 0.6 is 11.8 Å². The Hall–Kier alpha value is -2.34. The van der Waals surface area contributed by atoms with Crippen LogP contribution in [0.2, 0.25) is 0 Å². The Morgan fingerprint density at radius 3 is 2.64 bits per heavy atom. The molecule has 2 amide bonds. The van der Waals surface area contributed by atoms with Crippen LogP contribution in [0.25, 0.3) is 0 Å². The fourth-order valence-corrected chi connectivity index (χ4v) is 3.69. The minimum absolute atomic E-state index is 0.00844. The van der Waals surface area contributed by atoms with Gasteiger partial charge in [-0.15, -0.1) is 0 Å². The van der Waals surface area contributed by atoms with Crippen molar-refractivity contribution in [1.82, 2.24) is 4.98 Å². The third-order valence-electron chi connectivity index (χ3n) is 3.95. The van der Waals surface area contributed by atoms with Crippen LogP contribution in [0, 0.1) is 5.92 Å². The Balaban J connectivity index is 2.08. The second kappa shape index (κ2) is 6.88. The minimum Gasteiger partial charge on any atom is -0.326 e. The third-order valence-corrected chi connectivity index (χ3v) is 5.02. The van der Waals surface area contributed by atoms with Gasteiger partial charge in [0.15, 0.2) is 0 Å². The van der Waals surface area contributed by atoms with Crippen LogP contribution in [0.15, 0.2) is 46.5 Å². The molecule has 0 spiro atoms. The van der Waals surface area contributed by atoms with Gasteiger partial charge < -0.3 is 10.2 Å². The number of carbonyl (C=O) groups excluding carboxylic acids is 2. The van der Waals surface area contributed by atoms with Gasteiger partial charge in [-0.05, 0) is 44.2 Å². The molecule has 130 valence electrons. The number of fused-ring (bicyclic) bond motifs is 2. The van der Waals surface area contributed by atoms with Gasteiger partial charge >= 0.3 is 0 Å². The van der Waals surface area contributed by atoms with E-state index in [2.05, 4.69) is 10.3 Å². The van der Waals surface area contributed by atoms with Gasteiger partial charge in [-0.1, -0.05) is 25.6 Å². The number of amides is 2. The molecule has 1 aliphatic rings. The van der Waals surface area contributed by atoms with Gasteiger partial charge in [-0.25, -0.2) is 4.98 Å². The molecule has 0 unspecified atom stereocenters. The second-order valence-corrected chi connectivity index (χ2v) is 7.58. The highest BCUT2D eigenvalue weighted by molar-refractivity contribution is 7.99. The zero-order valence-electron chi connectivity index (χ0n) is 14.7. The summed E-state index contributed by atoms with van der Waals surface area (Å²) in [6.07, 6.45) is 1.69. The van der Waals surface area contributed by atoms with Crippen LogP contribution in [0.4, 0.5) is 11.4 Å². The summed E-state index contributed by atoms with van der Waals surface area (Å²) in [5, 5.41) is 3.60. The van der Waals surface area contributed by atoms with Crippen LogP contribution in [-0.4, -0.2) is 22.8 Å². The van der Waals surface area contributed by atoms with Crippen molar-refractivity contribution in [2.45, 2.75) is 43.7 Å². The molecule has 25 heavy (non-hydrogen) atoms. The SMILES string of the molecule is CC(C)C(=O)Nc1ccc2c(c1)Sc1ncccc1C(=O)N2C(C)C. The van der Waals surface area contributed by atoms with E-state index in [-0.39, 0.29) is 23.8 Å². The van der Waals surface area contributed by atoms with E-state index in [1.165, 1.54) is 11.8 Å². The number of hydrogen-bond donors (Lipinski definition) is 1. The molecule has 0 radical (unpaired) electrons. The van der Waals surface area contributed by atoms with Crippen LogP contribution < -0.4 is 10.2 Å². The van der Waals surface area contributed by atoms with Crippen LogP contribution in [0.1, 0.15) is 38.1 Å². The molecule has 2 heterocycles. The fourth-order valence-electron chi connectivity index (χ4n) is 2.65. The lowest BCUT2D eigenvalue weighted by atomic mass is 10.1. The molecule has 0 atom stereocenters. The van der Waals surface area contributed by atoms with Crippen LogP contribution in [-0.2, 0) is 4.79 Å². The summed E-state index contributed by atoms with van der Waals surface area (Å²) in [7, 11) is 0. The number of pyridine rings is 1. The van der Waals surface area contributed by atoms with E-state index in [0.717, 1.165) is 16.3 Å². The van der Waals surface area contributed by atoms with E-state index in [4.69, 9.17) is 0 Å². The monoisotopic (exact) mass is 355 g/mol. The maximum absolute atomic E-state index is 13.0. The van der Waals surface area contributed by atoms with Crippen molar-refractivity contribution in [1.29, 1.82) is 0 Å². The van der Waals surface area contributed by atoms with Crippen molar-refractivity contribution in [2.24, 2.45) is 5.92 Å². The summed E-state index contributed by atoms with van der Waals surface area (Å²) in [5.41, 5.74) is 2.16. The number of hydrogen-bond acceptors (Lipinski definition) is 4. The van der Waals surface area contributed by atoms with Gasteiger partial charge in [0, 0.05) is 28.7 Å². The van der Waals surface area contributed by atoms with Crippen molar-refractivity contribution in [3.8, 4) is 0 Å². The third kappa shape index (κ3) is 3.39. The molecule has 3 rings (SSSR count). The molecule has 5 nitrogen and oxygen atoms in total. The Labute approximate surface area is 151 Å². The molecule has 1 aliphatic heterocycles. The molecule has 1 N–H and O–H groups in total. The molecular formula is C19H21N3O2S. The molecule has 0 bridgehead atoms. The number of aromatic nitrogens is 1. The van der Waals surface area contributed by atoms with E-state index in [1.807, 2.05) is 45.9 Å². The molecule has 0 saturated carbocycles. The van der Waals surface area contributed by atoms with E-state index in [0.29, 0.717) is 10.6 Å². The maximum Gasteiger partial charge on any atom is 0.261 e. The number of nitrogens with one attached hydrogen (secondary N) is 1. The average molecular weight is 355 g/mol. The lowest BCUT2D eigenvalue weighted by Gasteiger charge is -2.27. The van der Waals surface area contributed by atoms with E-state index >= 15 is 0 Å². The Kier molecular flexibility index (Phi) is 4.81. The Morgan fingerprint density at radius 2 is 1.96 bits per heavy atom. The predicted molar refractivity (Wildman–Crippen MR) is 100 cm³/mol. The lowest BCUT2D eigenvalue weighted by Crippen LogP contribution is -2.37. The molecule has 1 aromatic carbocycles. The van der Waals surface area contributed by atoms with E-state index in [9.17, 15) is 9.59 Å². The number of nitrogens with zero attached hydrogens (tertiary/aromatic N) is 2. The standard InChI is InChI=1S/C19H21N3O2S/c1-11(2)17(23)21-13-7-8-15-16(10-13)25-18-14(6-5-9-20-18)19(24)22(15)12(3)4/h5-12H,1-4H3,(H,21,23). The molecule has 1 aromatic heterocycles. The highest BCUT2D eigenvalue weighted by atomic mass is 32.2. The fraction of sp³-hybridized carbons (Fsp3) is 0.316. The van der Waals surface area contributed by atoms with E-state index < -0.39 is 0 Å². The average Bonchev–Trinajstić information content (AvgIpc) is 2.68. The van der Waals surface area contributed by atoms with Crippen molar-refractivity contribution in [2.75, 3.05) is 10.2 Å². The zero-order valence-corrected chi connectivity index (χ0v) is 15.6. The minimum atomic E-state index is -0.0948. The van der Waals surface area contributed by atoms with Crippen molar-refractivity contribution in [3.63, 3.8) is 0 Å². The Morgan fingerprint density at radius 1 is 1.20 bits per heavy atom. The first-order valence-electron chi connectivity index (χ1n) is 8.30. The first kappa shape index (κ1) is 17.5. The first-order valence-corrected chi connectivity index (χ1v) is 9.11. The maximum atomic E-state index is 13.0. The van der Waals surface area contributed by atoms with Crippen LogP contribution in [0.5, 0.6) is 0 Å². The van der Waals surface area contributed by atoms with Crippen molar-refractivity contribution < 1.29 is 9.59 Å². The molecule has 0 aliphatic carbocycles. The van der Waals surface area contributed by atoms with Crippen molar-refractivity contribution >= 4 is 35.0 Å². The highest BCUT2D eigenvalue weighted by Gasteiger charge is 2.30. The summed E-state index contributed by atoms with van der Waals surface area (Å²) in [6, 6.07) is 9.23. The van der Waals surface area contributed by atoms with Gasteiger partial charge in [0.2, 0.25) is 5.91 Å². The van der Waals surface area contributed by atoms with Crippen molar-refractivity contribution in [3.05, 3.63) is 42.1 Å². The summed E-state index contributed by atoms with van der Waals surface area (Å²) in [5.74, 6) is -0.181. The normalized spacial score (nSPS) is 13.5. The summed E-state index contributed by atoms with van der Waals surface area (Å²) in [4.78, 5) is 32.0. The number of benzene rings is 1. The molecule has 0 saturated heterocycles. The number of carbonyl (C=O) groups is 2.